The quantitative estimate of drug-likeness (QED) is 0.610. The van der Waals surface area contributed by atoms with E-state index in [-0.39, 0.29) is 17.3 Å². The summed E-state index contributed by atoms with van der Waals surface area (Å²) in [5.74, 6) is -1.43. The fraction of sp³-hybridized carbons (Fsp3) is 0.217. The van der Waals surface area contributed by atoms with Crippen LogP contribution in [-0.2, 0) is 6.42 Å². The Bertz CT molecular complexity index is 964. The van der Waals surface area contributed by atoms with Crippen molar-refractivity contribution in [2.24, 2.45) is 0 Å². The summed E-state index contributed by atoms with van der Waals surface area (Å²) >= 11 is 0. The van der Waals surface area contributed by atoms with Gasteiger partial charge in [0.2, 0.25) is 0 Å². The van der Waals surface area contributed by atoms with Gasteiger partial charge in [0, 0.05) is 11.1 Å². The highest BCUT2D eigenvalue weighted by atomic mass is 19.1. The van der Waals surface area contributed by atoms with Gasteiger partial charge in [-0.15, -0.1) is 0 Å². The number of aromatic nitrogens is 1. The Morgan fingerprint density at radius 3 is 2.19 bits per heavy atom. The van der Waals surface area contributed by atoms with E-state index in [1.54, 1.807) is 12.1 Å². The topological polar surface area (TPSA) is 50.2 Å². The van der Waals surface area contributed by atoms with Gasteiger partial charge in [0.25, 0.3) is 0 Å². The molecule has 1 aromatic heterocycles. The van der Waals surface area contributed by atoms with Crippen LogP contribution in [0, 0.1) is 5.82 Å². The number of carbonyl (C=O) groups is 1. The average molecular weight is 363 g/mol. The summed E-state index contributed by atoms with van der Waals surface area (Å²) in [4.78, 5) is 17.0. The predicted molar refractivity (Wildman–Crippen MR) is 105 cm³/mol. The molecule has 0 bridgehead atoms. The van der Waals surface area contributed by atoms with E-state index in [4.69, 9.17) is 4.98 Å². The SMILES string of the molecule is CCc1c(-c2ccccc2)nc(C(C)C)c(C(=O)O)c1-c1ccc(F)cc1. The maximum atomic E-state index is 13.5. The van der Waals surface area contributed by atoms with Gasteiger partial charge in [-0.2, -0.15) is 0 Å². The molecule has 4 heteroatoms. The van der Waals surface area contributed by atoms with Gasteiger partial charge >= 0.3 is 5.97 Å². The summed E-state index contributed by atoms with van der Waals surface area (Å²) in [6.07, 6.45) is 0.614. The number of aromatic carboxylic acids is 1. The molecule has 0 unspecified atom stereocenters. The number of carboxylic acids is 1. The van der Waals surface area contributed by atoms with E-state index >= 15 is 0 Å². The molecule has 3 aromatic rings. The normalized spacial score (nSPS) is 11.0. The summed E-state index contributed by atoms with van der Waals surface area (Å²) in [6.45, 7) is 5.85. The van der Waals surface area contributed by atoms with E-state index in [1.165, 1.54) is 12.1 Å². The van der Waals surface area contributed by atoms with E-state index < -0.39 is 5.97 Å². The van der Waals surface area contributed by atoms with Crippen LogP contribution in [-0.4, -0.2) is 16.1 Å². The molecule has 0 saturated heterocycles. The van der Waals surface area contributed by atoms with Crippen LogP contribution in [0.1, 0.15) is 48.3 Å². The molecule has 1 N–H and O–H groups in total. The smallest absolute Gasteiger partial charge is 0.338 e. The number of rotatable bonds is 5. The minimum absolute atomic E-state index is 0.0660. The van der Waals surface area contributed by atoms with Gasteiger partial charge < -0.3 is 5.11 Å². The van der Waals surface area contributed by atoms with Crippen LogP contribution >= 0.6 is 0 Å². The van der Waals surface area contributed by atoms with E-state index in [2.05, 4.69) is 0 Å². The average Bonchev–Trinajstić information content (AvgIpc) is 2.67. The van der Waals surface area contributed by atoms with Gasteiger partial charge in [-0.1, -0.05) is 63.2 Å². The molecule has 2 aromatic carbocycles. The molecule has 0 saturated carbocycles. The molecule has 0 aliphatic rings. The molecule has 0 aliphatic carbocycles. The van der Waals surface area contributed by atoms with Crippen molar-refractivity contribution in [3.63, 3.8) is 0 Å². The third-order valence-corrected chi connectivity index (χ3v) is 4.62. The van der Waals surface area contributed by atoms with Gasteiger partial charge in [0.1, 0.15) is 5.82 Å². The number of halogens is 1. The van der Waals surface area contributed by atoms with Crippen molar-refractivity contribution in [2.45, 2.75) is 33.1 Å². The lowest BCUT2D eigenvalue weighted by Crippen LogP contribution is -2.13. The van der Waals surface area contributed by atoms with Crippen LogP contribution in [0.4, 0.5) is 4.39 Å². The number of hydrogen-bond donors (Lipinski definition) is 1. The molecule has 138 valence electrons. The second kappa shape index (κ2) is 7.70. The minimum atomic E-state index is -1.01. The molecule has 3 rings (SSSR count). The summed E-state index contributed by atoms with van der Waals surface area (Å²) in [5.41, 5.74) is 4.64. The molecule has 1 heterocycles. The zero-order chi connectivity index (χ0) is 19.6. The first-order valence-corrected chi connectivity index (χ1v) is 9.05. The number of nitrogens with zero attached hydrogens (tertiary/aromatic N) is 1. The molecule has 0 atom stereocenters. The molecular formula is C23H22FNO2. The molecular weight excluding hydrogens is 341 g/mol. The first-order valence-electron chi connectivity index (χ1n) is 9.05. The molecule has 0 radical (unpaired) electrons. The molecule has 0 aliphatic heterocycles. The van der Waals surface area contributed by atoms with Crippen LogP contribution in [0.3, 0.4) is 0 Å². The first-order chi connectivity index (χ1) is 12.9. The number of hydrogen-bond acceptors (Lipinski definition) is 2. The zero-order valence-electron chi connectivity index (χ0n) is 15.7. The van der Waals surface area contributed by atoms with Crippen molar-refractivity contribution in [3.05, 3.63) is 77.2 Å². The maximum Gasteiger partial charge on any atom is 0.338 e. The van der Waals surface area contributed by atoms with Crippen LogP contribution in [0.2, 0.25) is 0 Å². The second-order valence-corrected chi connectivity index (χ2v) is 6.76. The molecule has 3 nitrogen and oxygen atoms in total. The summed E-state index contributed by atoms with van der Waals surface area (Å²) < 4.78 is 13.5. The van der Waals surface area contributed by atoms with E-state index in [1.807, 2.05) is 51.1 Å². The fourth-order valence-corrected chi connectivity index (χ4v) is 3.39. The number of benzene rings is 2. The van der Waals surface area contributed by atoms with E-state index in [0.29, 0.717) is 23.2 Å². The van der Waals surface area contributed by atoms with Crippen LogP contribution < -0.4 is 0 Å². The zero-order valence-corrected chi connectivity index (χ0v) is 15.7. The van der Waals surface area contributed by atoms with Crippen molar-refractivity contribution >= 4 is 5.97 Å². The Kier molecular flexibility index (Phi) is 5.36. The van der Waals surface area contributed by atoms with Gasteiger partial charge in [0.05, 0.1) is 17.0 Å². The summed E-state index contributed by atoms with van der Waals surface area (Å²) in [7, 11) is 0. The molecule has 0 spiro atoms. The Hall–Kier alpha value is -3.01. The molecule has 27 heavy (non-hydrogen) atoms. The standard InChI is InChI=1S/C23H22FNO2/c1-4-18-19(15-10-12-17(24)13-11-15)20(23(26)27)21(14(2)3)25-22(18)16-8-6-5-7-9-16/h5-14H,4H2,1-3H3,(H,26,27). The van der Waals surface area contributed by atoms with Crippen LogP contribution in [0.15, 0.2) is 54.6 Å². The summed E-state index contributed by atoms with van der Waals surface area (Å²) in [5, 5.41) is 9.98. The Labute approximate surface area is 158 Å². The monoisotopic (exact) mass is 363 g/mol. The van der Waals surface area contributed by atoms with Crippen molar-refractivity contribution in [3.8, 4) is 22.4 Å². The van der Waals surface area contributed by atoms with E-state index in [0.717, 1.165) is 16.8 Å². The Balaban J connectivity index is 2.45. The highest BCUT2D eigenvalue weighted by Gasteiger charge is 2.26. The maximum absolute atomic E-state index is 13.5. The van der Waals surface area contributed by atoms with E-state index in [9.17, 15) is 14.3 Å². The highest BCUT2D eigenvalue weighted by molar-refractivity contribution is 5.99. The van der Waals surface area contributed by atoms with Crippen molar-refractivity contribution in [1.29, 1.82) is 0 Å². The molecule has 0 amide bonds. The summed E-state index contributed by atoms with van der Waals surface area (Å²) in [6, 6.07) is 15.7. The lowest BCUT2D eigenvalue weighted by Gasteiger charge is -2.21. The van der Waals surface area contributed by atoms with Gasteiger partial charge in [-0.3, -0.25) is 4.98 Å². The fourth-order valence-electron chi connectivity index (χ4n) is 3.39. The minimum Gasteiger partial charge on any atom is -0.478 e. The first kappa shape index (κ1) is 18.8. The van der Waals surface area contributed by atoms with Crippen molar-refractivity contribution < 1.29 is 14.3 Å². The predicted octanol–water partition coefficient (Wildman–Crippen LogP) is 5.94. The second-order valence-electron chi connectivity index (χ2n) is 6.76. The lowest BCUT2D eigenvalue weighted by molar-refractivity contribution is 0.0695. The van der Waals surface area contributed by atoms with Gasteiger partial charge in [0.15, 0.2) is 0 Å². The number of carboxylic acid groups (broad SMARTS) is 1. The van der Waals surface area contributed by atoms with Crippen LogP contribution in [0.25, 0.3) is 22.4 Å². The third-order valence-electron chi connectivity index (χ3n) is 4.62. The lowest BCUT2D eigenvalue weighted by atomic mass is 9.87. The Morgan fingerprint density at radius 1 is 1.04 bits per heavy atom. The van der Waals surface area contributed by atoms with Crippen LogP contribution in [0.5, 0.6) is 0 Å². The highest BCUT2D eigenvalue weighted by Crippen LogP contribution is 2.38. The van der Waals surface area contributed by atoms with Crippen molar-refractivity contribution in [2.75, 3.05) is 0 Å². The van der Waals surface area contributed by atoms with Gasteiger partial charge in [-0.05, 0) is 35.6 Å². The van der Waals surface area contributed by atoms with Gasteiger partial charge in [-0.25, -0.2) is 9.18 Å². The van der Waals surface area contributed by atoms with Crippen molar-refractivity contribution in [1.82, 2.24) is 4.98 Å². The Morgan fingerprint density at radius 2 is 1.67 bits per heavy atom. The molecule has 0 fully saturated rings. The third kappa shape index (κ3) is 3.61. The number of pyridine rings is 1. The largest absolute Gasteiger partial charge is 0.478 e.